The molecule has 0 atom stereocenters. The van der Waals surface area contributed by atoms with Gasteiger partial charge in [0.2, 0.25) is 0 Å². The second-order valence-electron chi connectivity index (χ2n) is 23.5. The fourth-order valence-corrected chi connectivity index (χ4v) is 18.5. The number of hydrogen-bond acceptors (Lipinski definition) is 21. The van der Waals surface area contributed by atoms with Crippen LogP contribution in [0.25, 0.3) is 0 Å². The van der Waals surface area contributed by atoms with Crippen molar-refractivity contribution in [2.45, 2.75) is 41.5 Å². The van der Waals surface area contributed by atoms with Crippen LogP contribution in [-0.2, 0) is 0 Å². The number of rotatable bonds is 24. The van der Waals surface area contributed by atoms with E-state index in [0.29, 0.717) is 68.2 Å². The topological polar surface area (TPSA) is 241 Å². The molecule has 21 nitrogen and oxygen atoms in total. The Morgan fingerprint density at radius 2 is 0.255 bits per heavy atom. The summed E-state index contributed by atoms with van der Waals surface area (Å²) in [7, 11) is -13.5. The van der Waals surface area contributed by atoms with Crippen LogP contribution >= 0.6 is 23.0 Å². The molecular formula is C78H66N15O6P3. The Morgan fingerprint density at radius 1 is 0.157 bits per heavy atom. The fraction of sp³-hybridized carbons (Fsp3) is 0.0769. The van der Waals surface area contributed by atoms with Crippen molar-refractivity contribution in [3.05, 3.63) is 325 Å². The highest BCUT2D eigenvalue weighted by Gasteiger charge is 2.49. The molecule has 0 saturated heterocycles. The predicted octanol–water partition coefficient (Wildman–Crippen LogP) is 28.7. The summed E-state index contributed by atoms with van der Waals surface area (Å²) >= 11 is 0. The lowest BCUT2D eigenvalue weighted by atomic mass is 10.2. The third-order valence-corrected chi connectivity index (χ3v) is 23.1. The number of benzene rings is 12. The largest absolute Gasteiger partial charge is 0.460 e. The zero-order valence-corrected chi connectivity index (χ0v) is 58.9. The van der Waals surface area contributed by atoms with Gasteiger partial charge in [0.05, 0.1) is 68.2 Å². The lowest BCUT2D eigenvalue weighted by Crippen LogP contribution is -2.11. The van der Waals surface area contributed by atoms with Crippen molar-refractivity contribution < 1.29 is 27.1 Å². The van der Waals surface area contributed by atoms with Gasteiger partial charge in [-0.3, -0.25) is 0 Å². The van der Waals surface area contributed by atoms with Crippen LogP contribution in [0.2, 0.25) is 0 Å². The molecule has 1 aliphatic heterocycles. The molecule has 0 unspecified atom stereocenters. The highest BCUT2D eigenvalue weighted by Crippen LogP contribution is 2.79. The SMILES string of the molecule is Cc1ccc(N=Nc2ccc(OP3(Oc4ccc(N=Nc5ccc(C)cc5)cc4)=NP(Oc4ccc(N=Nc5ccc(C)cc5)cc4)(Oc4ccc(N=Nc5ccc(C)cc5)cc4)=NP(Oc4ccc(N=Nc5ccc(C)cc5)cc4)(Oc4ccc(N=Nc5ccc(C)cc5)cc4)=N3)cc2)cc1. The van der Waals surface area contributed by atoms with E-state index in [1.54, 1.807) is 146 Å². The van der Waals surface area contributed by atoms with E-state index in [2.05, 4.69) is 61.4 Å². The van der Waals surface area contributed by atoms with Crippen molar-refractivity contribution in [3.63, 3.8) is 0 Å². The molecule has 0 saturated carbocycles. The summed E-state index contributed by atoms with van der Waals surface area (Å²) in [6, 6.07) is 88.0. The molecule has 12 aromatic rings. The molecule has 13 rings (SSSR count). The quantitative estimate of drug-likeness (QED) is 0.0420. The fourth-order valence-electron chi connectivity index (χ4n) is 9.38. The first-order valence-electron chi connectivity index (χ1n) is 32.3. The Labute approximate surface area is 590 Å². The number of hydrogen-bond donors (Lipinski definition) is 0. The zero-order valence-electron chi connectivity index (χ0n) is 56.2. The van der Waals surface area contributed by atoms with Crippen LogP contribution in [0.15, 0.2) is 366 Å². The molecule has 0 fully saturated rings. The van der Waals surface area contributed by atoms with Gasteiger partial charge in [0.25, 0.3) is 0 Å². The molecule has 0 amide bonds. The molecular weight excluding hydrogens is 1340 g/mol. The minimum atomic E-state index is -4.51. The van der Waals surface area contributed by atoms with Crippen molar-refractivity contribution >= 4 is 91.2 Å². The molecule has 0 radical (unpaired) electrons. The highest BCUT2D eigenvalue weighted by atomic mass is 31.3. The van der Waals surface area contributed by atoms with E-state index in [0.717, 1.165) is 33.4 Å². The second-order valence-corrected chi connectivity index (χ2v) is 29.7. The molecule has 504 valence electrons. The molecule has 1 heterocycles. The summed E-state index contributed by atoms with van der Waals surface area (Å²) in [5, 5.41) is 54.3. The lowest BCUT2D eigenvalue weighted by Gasteiger charge is -2.33. The molecule has 102 heavy (non-hydrogen) atoms. The Morgan fingerprint density at radius 3 is 0.363 bits per heavy atom. The van der Waals surface area contributed by atoms with Crippen molar-refractivity contribution in [2.75, 3.05) is 0 Å². The Bertz CT molecular complexity index is 4380. The second kappa shape index (κ2) is 31.7. The van der Waals surface area contributed by atoms with Gasteiger partial charge in [0.1, 0.15) is 34.5 Å². The Balaban J connectivity index is 1.00. The summed E-state index contributed by atoms with van der Waals surface area (Å²) in [5.41, 5.74) is 13.8. The van der Waals surface area contributed by atoms with E-state index in [1.807, 2.05) is 187 Å². The van der Waals surface area contributed by atoms with Gasteiger partial charge in [-0.1, -0.05) is 120 Å². The number of azo groups is 6. The van der Waals surface area contributed by atoms with Gasteiger partial charge in [-0.15, -0.1) is 0 Å². The van der Waals surface area contributed by atoms with Crippen molar-refractivity contribution in [2.24, 2.45) is 74.9 Å². The van der Waals surface area contributed by atoms with Gasteiger partial charge in [0.15, 0.2) is 0 Å². The molecule has 0 aromatic heterocycles. The maximum absolute atomic E-state index is 7.29. The first kappa shape index (κ1) is 68.3. The van der Waals surface area contributed by atoms with E-state index in [4.69, 9.17) is 40.7 Å². The molecule has 24 heteroatoms. The average Bonchev–Trinajstić information content (AvgIpc) is 0.730. The smallest absolute Gasteiger partial charge is 0.413 e. The third kappa shape index (κ3) is 19.1. The van der Waals surface area contributed by atoms with Crippen molar-refractivity contribution in [1.29, 1.82) is 0 Å². The van der Waals surface area contributed by atoms with E-state index in [1.165, 1.54) is 0 Å². The summed E-state index contributed by atoms with van der Waals surface area (Å²) in [6.07, 6.45) is 0. The van der Waals surface area contributed by atoms with Crippen LogP contribution in [0, 0.1) is 41.5 Å². The molecule has 0 N–H and O–H groups in total. The van der Waals surface area contributed by atoms with Gasteiger partial charge in [-0.2, -0.15) is 61.4 Å². The van der Waals surface area contributed by atoms with Gasteiger partial charge in [0, 0.05) is 0 Å². The summed E-state index contributed by atoms with van der Waals surface area (Å²) in [4.78, 5) is 0. The predicted molar refractivity (Wildman–Crippen MR) is 403 cm³/mol. The van der Waals surface area contributed by atoms with E-state index in [9.17, 15) is 0 Å². The van der Waals surface area contributed by atoms with Crippen LogP contribution in [0.1, 0.15) is 33.4 Å². The van der Waals surface area contributed by atoms with Crippen molar-refractivity contribution in [1.82, 2.24) is 0 Å². The Kier molecular flexibility index (Phi) is 21.2. The maximum Gasteiger partial charge on any atom is 0.460 e. The molecule has 0 aliphatic carbocycles. The molecule has 1 aliphatic rings. The summed E-state index contributed by atoms with van der Waals surface area (Å²) in [5.74, 6) is 1.44. The van der Waals surface area contributed by atoms with Gasteiger partial charge in [-0.25, -0.2) is 0 Å². The standard InChI is InChI=1S/C78H66N15O6P3/c1-55-7-19-61(20-8-55)79-85-67-31-43-73(44-32-67)94-100(95-74-45-33-68(34-46-74)86-80-62-21-9-56(2)10-22-62)91-101(96-75-47-35-69(36-48-75)87-81-63-23-11-57(3)12-24-63,97-76-49-37-70(38-50-76)88-82-64-25-13-58(4)14-26-64)93-102(92-100,98-77-51-39-71(40-52-77)89-83-65-27-15-59(5)16-28-65)99-78-53-41-72(42-54-78)90-84-66-29-17-60(6)18-30-66/h7-54H,1-6H3. The molecule has 0 spiro atoms. The van der Waals surface area contributed by atoms with Crippen LogP contribution in [0.3, 0.4) is 0 Å². The Hall–Kier alpha value is -12.3. The summed E-state index contributed by atoms with van der Waals surface area (Å²) in [6.45, 7) is 12.1. The average molecular weight is 1400 g/mol. The summed E-state index contributed by atoms with van der Waals surface area (Å²) < 4.78 is 60.3. The lowest BCUT2D eigenvalue weighted by molar-refractivity contribution is 0.443. The minimum Gasteiger partial charge on any atom is -0.413 e. The van der Waals surface area contributed by atoms with Gasteiger partial charge < -0.3 is 27.1 Å². The molecule has 12 aromatic carbocycles. The van der Waals surface area contributed by atoms with Crippen molar-refractivity contribution in [3.8, 4) is 34.5 Å². The maximum atomic E-state index is 7.29. The van der Waals surface area contributed by atoms with E-state index in [-0.39, 0.29) is 34.5 Å². The third-order valence-electron chi connectivity index (χ3n) is 14.9. The highest BCUT2D eigenvalue weighted by molar-refractivity contribution is 7.79. The first-order chi connectivity index (χ1) is 49.7. The number of nitrogens with zero attached hydrogens (tertiary/aromatic N) is 15. The van der Waals surface area contributed by atoms with E-state index < -0.39 is 23.0 Å². The van der Waals surface area contributed by atoms with Crippen LogP contribution in [0.4, 0.5) is 68.2 Å². The monoisotopic (exact) mass is 1400 g/mol. The van der Waals surface area contributed by atoms with Crippen LogP contribution in [0.5, 0.6) is 34.5 Å². The molecule has 0 bridgehead atoms. The minimum absolute atomic E-state index is 0.241. The number of aryl methyl sites for hydroxylation is 6. The van der Waals surface area contributed by atoms with E-state index >= 15 is 0 Å². The van der Waals surface area contributed by atoms with Gasteiger partial charge >= 0.3 is 23.0 Å². The van der Waals surface area contributed by atoms with Crippen LogP contribution < -0.4 is 27.1 Å². The normalized spacial score (nSPS) is 16.6. The van der Waals surface area contributed by atoms with Gasteiger partial charge in [-0.05, 0) is 260 Å². The first-order valence-corrected chi connectivity index (χ1v) is 36.9. The van der Waals surface area contributed by atoms with Crippen LogP contribution in [-0.4, -0.2) is 0 Å². The zero-order chi connectivity index (χ0) is 70.1.